The maximum absolute atomic E-state index is 13.6. The minimum Gasteiger partial charge on any atom is -0.399 e. The summed E-state index contributed by atoms with van der Waals surface area (Å²) in [7, 11) is 3.39. The van der Waals surface area contributed by atoms with Crippen LogP contribution in [0.25, 0.3) is 11.1 Å². The van der Waals surface area contributed by atoms with Crippen molar-refractivity contribution in [2.45, 2.75) is 39.8 Å². The third-order valence-electron chi connectivity index (χ3n) is 5.29. The van der Waals surface area contributed by atoms with E-state index in [9.17, 15) is 4.79 Å². The lowest BCUT2D eigenvalue weighted by Crippen LogP contribution is -2.42. The van der Waals surface area contributed by atoms with Gasteiger partial charge in [0.2, 0.25) is 0 Å². The van der Waals surface area contributed by atoms with Crippen LogP contribution in [0.4, 0.5) is 11.4 Å². The summed E-state index contributed by atoms with van der Waals surface area (Å²) in [4.78, 5) is 17.7. The van der Waals surface area contributed by atoms with Gasteiger partial charge in [-0.15, -0.1) is 0 Å². The maximum Gasteiger partial charge on any atom is 0.254 e. The van der Waals surface area contributed by atoms with Crippen molar-refractivity contribution < 1.29 is 14.3 Å². The van der Waals surface area contributed by atoms with Gasteiger partial charge in [0.25, 0.3) is 5.91 Å². The highest BCUT2D eigenvalue weighted by Crippen LogP contribution is 2.35. The van der Waals surface area contributed by atoms with Crippen LogP contribution in [0.5, 0.6) is 0 Å². The largest absolute Gasteiger partial charge is 0.399 e. The fourth-order valence-electron chi connectivity index (χ4n) is 3.91. The first-order valence-electron chi connectivity index (χ1n) is 10.9. The van der Waals surface area contributed by atoms with E-state index in [2.05, 4.69) is 4.90 Å². The number of amides is 1. The van der Waals surface area contributed by atoms with Crippen LogP contribution in [0.15, 0.2) is 42.5 Å². The predicted octanol–water partition coefficient (Wildman–Crippen LogP) is 4.29. The van der Waals surface area contributed by atoms with E-state index in [0.717, 1.165) is 16.8 Å². The van der Waals surface area contributed by atoms with Gasteiger partial charge in [-0.05, 0) is 57.5 Å². The molecule has 170 valence electrons. The van der Waals surface area contributed by atoms with Gasteiger partial charge >= 0.3 is 0 Å². The van der Waals surface area contributed by atoms with E-state index in [0.29, 0.717) is 37.6 Å². The van der Waals surface area contributed by atoms with Crippen LogP contribution < -0.4 is 10.6 Å². The highest BCUT2D eigenvalue weighted by Gasteiger charge is 2.25. The van der Waals surface area contributed by atoms with Crippen molar-refractivity contribution in [2.75, 3.05) is 51.2 Å². The molecular weight excluding hydrogens is 390 g/mol. The molecule has 0 aliphatic carbocycles. The van der Waals surface area contributed by atoms with Gasteiger partial charge in [0.15, 0.2) is 0 Å². The van der Waals surface area contributed by atoms with Gasteiger partial charge in [-0.1, -0.05) is 18.2 Å². The summed E-state index contributed by atoms with van der Waals surface area (Å²) < 4.78 is 10.6. The van der Waals surface area contributed by atoms with Crippen LogP contribution in [0.2, 0.25) is 0 Å². The Kier molecular flexibility index (Phi) is 9.34. The molecule has 0 saturated heterocycles. The molecular formula is C25H37N3O3. The third-order valence-corrected chi connectivity index (χ3v) is 5.29. The Hall–Kier alpha value is -2.57. The minimum absolute atomic E-state index is 0.0225. The van der Waals surface area contributed by atoms with E-state index < -0.39 is 0 Å². The summed E-state index contributed by atoms with van der Waals surface area (Å²) >= 11 is 0. The van der Waals surface area contributed by atoms with Gasteiger partial charge in [-0.25, -0.2) is 0 Å². The molecule has 0 fully saturated rings. The summed E-state index contributed by atoms with van der Waals surface area (Å²) in [6.07, 6.45) is 0. The number of nitrogen functional groups attached to an aromatic ring is 1. The quantitative estimate of drug-likeness (QED) is 0.542. The van der Waals surface area contributed by atoms with Crippen molar-refractivity contribution in [1.29, 1.82) is 0 Å². The third kappa shape index (κ3) is 6.21. The van der Waals surface area contributed by atoms with E-state index in [1.54, 1.807) is 14.2 Å². The number of ether oxygens (including phenoxy) is 2. The van der Waals surface area contributed by atoms with Gasteiger partial charge < -0.3 is 25.0 Å². The SMILES string of the molecule is COCCN(CCOC)c1ccc(N)cc1-c1ccccc1C(=O)N(C(C)C)C(C)C. The topological polar surface area (TPSA) is 68.0 Å². The Morgan fingerprint density at radius 2 is 1.48 bits per heavy atom. The van der Waals surface area contributed by atoms with Crippen molar-refractivity contribution in [3.63, 3.8) is 0 Å². The number of nitrogens with two attached hydrogens (primary N) is 1. The van der Waals surface area contributed by atoms with Crippen LogP contribution in [-0.4, -0.2) is 63.4 Å². The Labute approximate surface area is 186 Å². The van der Waals surface area contributed by atoms with Crippen LogP contribution in [0.3, 0.4) is 0 Å². The second-order valence-electron chi connectivity index (χ2n) is 8.19. The average molecular weight is 428 g/mol. The van der Waals surface area contributed by atoms with Crippen molar-refractivity contribution >= 4 is 17.3 Å². The van der Waals surface area contributed by atoms with Crippen molar-refractivity contribution in [3.05, 3.63) is 48.0 Å². The van der Waals surface area contributed by atoms with E-state index in [1.807, 2.05) is 75.1 Å². The molecule has 2 N–H and O–H groups in total. The summed E-state index contributed by atoms with van der Waals surface area (Å²) in [5.41, 5.74) is 10.3. The Morgan fingerprint density at radius 1 is 0.903 bits per heavy atom. The molecule has 2 aromatic rings. The minimum atomic E-state index is 0.0225. The normalized spacial score (nSPS) is 11.2. The number of hydrogen-bond acceptors (Lipinski definition) is 5. The maximum atomic E-state index is 13.6. The number of nitrogens with zero attached hydrogens (tertiary/aromatic N) is 2. The molecule has 6 nitrogen and oxygen atoms in total. The molecule has 2 rings (SSSR count). The van der Waals surface area contributed by atoms with Crippen LogP contribution in [-0.2, 0) is 9.47 Å². The lowest BCUT2D eigenvalue weighted by molar-refractivity contribution is 0.0644. The molecule has 0 atom stereocenters. The lowest BCUT2D eigenvalue weighted by Gasteiger charge is -2.32. The molecule has 1 amide bonds. The highest BCUT2D eigenvalue weighted by molar-refractivity contribution is 6.03. The Balaban J connectivity index is 2.61. The molecule has 0 bridgehead atoms. The van der Waals surface area contributed by atoms with Crippen molar-refractivity contribution in [2.24, 2.45) is 0 Å². The van der Waals surface area contributed by atoms with E-state index in [1.165, 1.54) is 0 Å². The van der Waals surface area contributed by atoms with Gasteiger partial charge in [-0.3, -0.25) is 4.79 Å². The number of carbonyl (C=O) groups excluding carboxylic acids is 1. The van der Waals surface area contributed by atoms with Gasteiger partial charge in [0, 0.05) is 61.9 Å². The summed E-state index contributed by atoms with van der Waals surface area (Å²) in [5.74, 6) is 0.0225. The van der Waals surface area contributed by atoms with Gasteiger partial charge in [0.1, 0.15) is 0 Å². The van der Waals surface area contributed by atoms with Gasteiger partial charge in [-0.2, -0.15) is 0 Å². The zero-order chi connectivity index (χ0) is 23.0. The number of methoxy groups -OCH3 is 2. The van der Waals surface area contributed by atoms with Crippen LogP contribution >= 0.6 is 0 Å². The molecule has 0 heterocycles. The molecule has 0 aliphatic rings. The highest BCUT2D eigenvalue weighted by atomic mass is 16.5. The van der Waals surface area contributed by atoms with E-state index in [4.69, 9.17) is 15.2 Å². The number of anilines is 2. The second-order valence-corrected chi connectivity index (χ2v) is 8.19. The van der Waals surface area contributed by atoms with Crippen molar-refractivity contribution in [3.8, 4) is 11.1 Å². The zero-order valence-electron chi connectivity index (χ0n) is 19.7. The number of benzene rings is 2. The summed E-state index contributed by atoms with van der Waals surface area (Å²) in [6, 6.07) is 13.8. The number of rotatable bonds is 11. The average Bonchev–Trinajstić information content (AvgIpc) is 2.73. The summed E-state index contributed by atoms with van der Waals surface area (Å²) in [6.45, 7) is 10.8. The molecule has 0 saturated carbocycles. The standard InChI is InChI=1S/C25H37N3O3/c1-18(2)28(19(3)4)25(29)22-10-8-7-9-21(22)23-17-20(26)11-12-24(23)27(13-15-30-5)14-16-31-6/h7-12,17-19H,13-16,26H2,1-6H3. The number of carbonyl (C=O) groups is 1. The molecule has 0 unspecified atom stereocenters. The molecule has 6 heteroatoms. The Bertz CT molecular complexity index is 836. The van der Waals surface area contributed by atoms with Gasteiger partial charge in [0.05, 0.1) is 13.2 Å². The van der Waals surface area contributed by atoms with E-state index in [-0.39, 0.29) is 18.0 Å². The first kappa shape index (κ1) is 24.7. The molecule has 0 radical (unpaired) electrons. The van der Waals surface area contributed by atoms with Crippen LogP contribution in [0.1, 0.15) is 38.1 Å². The number of hydrogen-bond donors (Lipinski definition) is 1. The predicted molar refractivity (Wildman–Crippen MR) is 129 cm³/mol. The molecule has 0 aromatic heterocycles. The first-order valence-corrected chi connectivity index (χ1v) is 10.9. The monoisotopic (exact) mass is 427 g/mol. The van der Waals surface area contributed by atoms with E-state index >= 15 is 0 Å². The molecule has 2 aromatic carbocycles. The fourth-order valence-corrected chi connectivity index (χ4v) is 3.91. The summed E-state index contributed by atoms with van der Waals surface area (Å²) in [5, 5.41) is 0. The smallest absolute Gasteiger partial charge is 0.254 e. The first-order chi connectivity index (χ1) is 14.8. The van der Waals surface area contributed by atoms with Crippen molar-refractivity contribution in [1.82, 2.24) is 4.90 Å². The van der Waals surface area contributed by atoms with Crippen LogP contribution in [0, 0.1) is 0 Å². The lowest BCUT2D eigenvalue weighted by atomic mass is 9.95. The Morgan fingerprint density at radius 3 is 2.03 bits per heavy atom. The molecule has 0 spiro atoms. The molecule has 31 heavy (non-hydrogen) atoms. The fraction of sp³-hybridized carbons (Fsp3) is 0.480. The second kappa shape index (κ2) is 11.7. The molecule has 0 aliphatic heterocycles. The zero-order valence-corrected chi connectivity index (χ0v) is 19.7.